The van der Waals surface area contributed by atoms with E-state index < -0.39 is 0 Å². The van der Waals surface area contributed by atoms with Crippen LogP contribution in [0.4, 0.5) is 5.69 Å². The fourth-order valence-corrected chi connectivity index (χ4v) is 2.96. The third kappa shape index (κ3) is 4.85. The van der Waals surface area contributed by atoms with Crippen molar-refractivity contribution in [1.29, 1.82) is 0 Å². The third-order valence-electron chi connectivity index (χ3n) is 4.53. The largest absolute Gasteiger partial charge is 0.494 e. The monoisotopic (exact) mass is 352 g/mol. The van der Waals surface area contributed by atoms with Crippen molar-refractivity contribution < 1.29 is 14.3 Å². The second kappa shape index (κ2) is 8.52. The zero-order chi connectivity index (χ0) is 18.4. The van der Waals surface area contributed by atoms with Gasteiger partial charge in [0.1, 0.15) is 5.75 Å². The minimum atomic E-state index is 0.0324. The molecule has 0 saturated heterocycles. The Morgan fingerprint density at radius 1 is 1.19 bits per heavy atom. The number of carbonyl (C=O) groups excluding carboxylic acids is 2. The van der Waals surface area contributed by atoms with Crippen molar-refractivity contribution in [1.82, 2.24) is 5.32 Å². The number of hydrogen-bond donors (Lipinski definition) is 2. The van der Waals surface area contributed by atoms with Gasteiger partial charge in [0.25, 0.3) is 0 Å². The van der Waals surface area contributed by atoms with Crippen LogP contribution in [0.15, 0.2) is 42.5 Å². The van der Waals surface area contributed by atoms with Crippen LogP contribution >= 0.6 is 0 Å². The highest BCUT2D eigenvalue weighted by molar-refractivity contribution is 5.94. The van der Waals surface area contributed by atoms with Gasteiger partial charge in [0.15, 0.2) is 0 Å². The van der Waals surface area contributed by atoms with Crippen LogP contribution in [-0.4, -0.2) is 18.4 Å². The molecule has 5 nitrogen and oxygen atoms in total. The zero-order valence-electron chi connectivity index (χ0n) is 15.0. The van der Waals surface area contributed by atoms with Gasteiger partial charge in [0, 0.05) is 25.1 Å². The number of hydrogen-bond acceptors (Lipinski definition) is 3. The summed E-state index contributed by atoms with van der Waals surface area (Å²) in [6, 6.07) is 13.7. The van der Waals surface area contributed by atoms with Crippen molar-refractivity contribution >= 4 is 17.5 Å². The Labute approximate surface area is 153 Å². The fourth-order valence-electron chi connectivity index (χ4n) is 2.96. The number of rotatable bonds is 7. The summed E-state index contributed by atoms with van der Waals surface area (Å²) in [5.74, 6) is 0.869. The average Bonchev–Trinajstić information content (AvgIpc) is 2.64. The van der Waals surface area contributed by atoms with Crippen LogP contribution in [-0.2, 0) is 22.6 Å². The van der Waals surface area contributed by atoms with E-state index in [4.69, 9.17) is 4.74 Å². The molecule has 0 atom stereocenters. The zero-order valence-corrected chi connectivity index (χ0v) is 15.0. The Morgan fingerprint density at radius 3 is 2.88 bits per heavy atom. The van der Waals surface area contributed by atoms with E-state index in [1.54, 1.807) is 0 Å². The Hall–Kier alpha value is -2.82. The predicted molar refractivity (Wildman–Crippen MR) is 101 cm³/mol. The number of carbonyl (C=O) groups is 2. The van der Waals surface area contributed by atoms with Gasteiger partial charge in [0.2, 0.25) is 11.8 Å². The van der Waals surface area contributed by atoms with E-state index in [1.807, 2.05) is 49.4 Å². The first-order valence-corrected chi connectivity index (χ1v) is 8.98. The maximum atomic E-state index is 12.0. The molecule has 2 aromatic carbocycles. The molecule has 0 radical (unpaired) electrons. The van der Waals surface area contributed by atoms with Gasteiger partial charge in [-0.25, -0.2) is 0 Å². The van der Waals surface area contributed by atoms with Crippen molar-refractivity contribution in [2.45, 2.75) is 39.2 Å². The second-order valence-corrected chi connectivity index (χ2v) is 6.52. The fraction of sp³-hybridized carbons (Fsp3) is 0.333. The van der Waals surface area contributed by atoms with Crippen molar-refractivity contribution in [2.75, 3.05) is 11.9 Å². The predicted octanol–water partition coefficient (Wildman–Crippen LogP) is 3.36. The highest BCUT2D eigenvalue weighted by atomic mass is 16.5. The molecule has 5 heteroatoms. The van der Waals surface area contributed by atoms with Crippen LogP contribution in [0.5, 0.6) is 5.75 Å². The summed E-state index contributed by atoms with van der Waals surface area (Å²) < 4.78 is 5.74. The SMILES string of the molecule is Cc1ccccc1CNC(=O)CCCOc1ccc2c(c1)CCC(=O)N2. The molecule has 1 aliphatic heterocycles. The molecule has 1 aliphatic rings. The standard InChI is InChI=1S/C21H24N2O3/c1-15-5-2-3-6-17(15)14-22-20(24)7-4-12-26-18-9-10-19-16(13-18)8-11-21(25)23-19/h2-3,5-6,9-10,13H,4,7-8,11-12,14H2,1H3,(H,22,24)(H,23,25). The van der Waals surface area contributed by atoms with E-state index in [0.29, 0.717) is 32.4 Å². The van der Waals surface area contributed by atoms with Crippen molar-refractivity contribution in [2.24, 2.45) is 0 Å². The highest BCUT2D eigenvalue weighted by Gasteiger charge is 2.15. The molecule has 0 aromatic heterocycles. The Morgan fingerprint density at radius 2 is 2.04 bits per heavy atom. The smallest absolute Gasteiger partial charge is 0.224 e. The van der Waals surface area contributed by atoms with E-state index in [1.165, 1.54) is 5.56 Å². The van der Waals surface area contributed by atoms with Crippen LogP contribution in [0.2, 0.25) is 0 Å². The van der Waals surface area contributed by atoms with Crippen LogP contribution in [0.3, 0.4) is 0 Å². The topological polar surface area (TPSA) is 67.4 Å². The van der Waals surface area contributed by atoms with Crippen LogP contribution < -0.4 is 15.4 Å². The van der Waals surface area contributed by atoms with Crippen molar-refractivity contribution in [3.8, 4) is 5.75 Å². The highest BCUT2D eigenvalue weighted by Crippen LogP contribution is 2.26. The average molecular weight is 352 g/mol. The number of anilines is 1. The number of ether oxygens (including phenoxy) is 1. The lowest BCUT2D eigenvalue weighted by atomic mass is 10.0. The van der Waals surface area contributed by atoms with Gasteiger partial charge in [-0.15, -0.1) is 0 Å². The molecule has 0 saturated carbocycles. The number of benzene rings is 2. The van der Waals surface area contributed by atoms with Gasteiger partial charge in [0.05, 0.1) is 6.61 Å². The summed E-state index contributed by atoms with van der Waals surface area (Å²) in [4.78, 5) is 23.3. The van der Waals surface area contributed by atoms with E-state index in [-0.39, 0.29) is 11.8 Å². The summed E-state index contributed by atoms with van der Waals surface area (Å²) >= 11 is 0. The van der Waals surface area contributed by atoms with Crippen molar-refractivity contribution in [3.05, 3.63) is 59.2 Å². The van der Waals surface area contributed by atoms with E-state index in [9.17, 15) is 9.59 Å². The molecule has 26 heavy (non-hydrogen) atoms. The Kier molecular flexibility index (Phi) is 5.89. The minimum absolute atomic E-state index is 0.0324. The number of fused-ring (bicyclic) bond motifs is 1. The normalized spacial score (nSPS) is 12.9. The first-order valence-electron chi connectivity index (χ1n) is 8.98. The summed E-state index contributed by atoms with van der Waals surface area (Å²) in [6.45, 7) is 3.09. The van der Waals surface area contributed by atoms with E-state index in [2.05, 4.69) is 10.6 Å². The number of amides is 2. The molecular weight excluding hydrogens is 328 g/mol. The lowest BCUT2D eigenvalue weighted by molar-refractivity contribution is -0.121. The summed E-state index contributed by atoms with van der Waals surface area (Å²) in [6.07, 6.45) is 2.34. The molecule has 2 amide bonds. The molecule has 0 unspecified atom stereocenters. The number of aryl methyl sites for hydroxylation is 2. The summed E-state index contributed by atoms with van der Waals surface area (Å²) in [5.41, 5.74) is 4.28. The van der Waals surface area contributed by atoms with Gasteiger partial charge in [-0.3, -0.25) is 9.59 Å². The Balaban J connectivity index is 1.38. The minimum Gasteiger partial charge on any atom is -0.494 e. The first-order chi connectivity index (χ1) is 12.6. The molecule has 3 rings (SSSR count). The maximum Gasteiger partial charge on any atom is 0.224 e. The molecule has 2 N–H and O–H groups in total. The summed E-state index contributed by atoms with van der Waals surface area (Å²) in [7, 11) is 0. The van der Waals surface area contributed by atoms with E-state index >= 15 is 0 Å². The van der Waals surface area contributed by atoms with Crippen LogP contribution in [0.1, 0.15) is 36.0 Å². The first kappa shape index (κ1) is 18.0. The summed E-state index contributed by atoms with van der Waals surface area (Å²) in [5, 5.41) is 5.80. The lowest BCUT2D eigenvalue weighted by Gasteiger charge is -2.17. The van der Waals surface area contributed by atoms with Gasteiger partial charge >= 0.3 is 0 Å². The maximum absolute atomic E-state index is 12.0. The molecular formula is C21H24N2O3. The Bertz CT molecular complexity index is 802. The lowest BCUT2D eigenvalue weighted by Crippen LogP contribution is -2.23. The van der Waals surface area contributed by atoms with Gasteiger partial charge in [-0.1, -0.05) is 24.3 Å². The molecule has 136 valence electrons. The van der Waals surface area contributed by atoms with Crippen LogP contribution in [0, 0.1) is 6.92 Å². The van der Waals surface area contributed by atoms with Crippen molar-refractivity contribution in [3.63, 3.8) is 0 Å². The van der Waals surface area contributed by atoms with E-state index in [0.717, 1.165) is 29.0 Å². The van der Waals surface area contributed by atoms with Gasteiger partial charge in [-0.05, 0) is 54.7 Å². The second-order valence-electron chi connectivity index (χ2n) is 6.52. The molecule has 0 aliphatic carbocycles. The molecule has 0 spiro atoms. The molecule has 1 heterocycles. The number of nitrogens with one attached hydrogen (secondary N) is 2. The molecule has 0 fully saturated rings. The quantitative estimate of drug-likeness (QED) is 0.751. The van der Waals surface area contributed by atoms with Gasteiger partial charge < -0.3 is 15.4 Å². The van der Waals surface area contributed by atoms with Gasteiger partial charge in [-0.2, -0.15) is 0 Å². The third-order valence-corrected chi connectivity index (χ3v) is 4.53. The van der Waals surface area contributed by atoms with Crippen LogP contribution in [0.25, 0.3) is 0 Å². The molecule has 0 bridgehead atoms. The molecule has 2 aromatic rings.